The van der Waals surface area contributed by atoms with Gasteiger partial charge in [-0.2, -0.15) is 0 Å². The fourth-order valence-corrected chi connectivity index (χ4v) is 4.43. The molecule has 6 nitrogen and oxygen atoms in total. The zero-order valence-electron chi connectivity index (χ0n) is 10.5. The summed E-state index contributed by atoms with van der Waals surface area (Å²) in [4.78, 5) is 10.7. The average Bonchev–Trinajstić information content (AvgIpc) is 2.75. The number of carboxylic acid groups (broad SMARTS) is 1. The van der Waals surface area contributed by atoms with Crippen molar-refractivity contribution in [3.8, 4) is 0 Å². The van der Waals surface area contributed by atoms with Crippen LogP contribution in [0, 0.1) is 0 Å². The predicted molar refractivity (Wildman–Crippen MR) is 74.6 cm³/mol. The Hall–Kier alpha value is -0.770. The van der Waals surface area contributed by atoms with Gasteiger partial charge in [0.1, 0.15) is 9.09 Å². The summed E-state index contributed by atoms with van der Waals surface area (Å²) >= 11 is 0.704. The Labute approximate surface area is 118 Å². The van der Waals surface area contributed by atoms with Gasteiger partial charge in [-0.05, 0) is 25.5 Å². The second kappa shape index (κ2) is 6.60. The quantitative estimate of drug-likeness (QED) is 0.775. The smallest absolute Gasteiger partial charge is 0.345 e. The fourth-order valence-electron chi connectivity index (χ4n) is 1.30. The molecule has 1 rings (SSSR count). The number of rotatable bonds is 7. The van der Waals surface area contributed by atoms with Crippen molar-refractivity contribution in [2.24, 2.45) is 0 Å². The van der Waals surface area contributed by atoms with Crippen molar-refractivity contribution in [1.82, 2.24) is 4.72 Å². The van der Waals surface area contributed by atoms with E-state index in [0.29, 0.717) is 23.5 Å². The highest BCUT2D eigenvalue weighted by Crippen LogP contribution is 2.21. The van der Waals surface area contributed by atoms with Crippen molar-refractivity contribution in [2.75, 3.05) is 12.0 Å². The molecule has 2 atom stereocenters. The Bertz CT molecular complexity index is 578. The number of nitrogens with one attached hydrogen (secondary N) is 1. The molecule has 0 aliphatic heterocycles. The Kier molecular flexibility index (Phi) is 5.65. The van der Waals surface area contributed by atoms with Gasteiger partial charge in [0.2, 0.25) is 10.0 Å². The Morgan fingerprint density at radius 1 is 1.53 bits per heavy atom. The summed E-state index contributed by atoms with van der Waals surface area (Å²) in [6.45, 7) is 1.68. The lowest BCUT2D eigenvalue weighted by molar-refractivity contribution is 0.0702. The molecule has 0 aliphatic rings. The minimum absolute atomic E-state index is 0.0253. The minimum Gasteiger partial charge on any atom is -0.477 e. The molecule has 0 amide bonds. The Morgan fingerprint density at radius 2 is 2.16 bits per heavy atom. The number of carbonyl (C=O) groups is 1. The fraction of sp³-hybridized carbons (Fsp3) is 0.500. The molecule has 0 radical (unpaired) electrons. The summed E-state index contributed by atoms with van der Waals surface area (Å²) in [7, 11) is -4.68. The van der Waals surface area contributed by atoms with Crippen molar-refractivity contribution < 1.29 is 22.5 Å². The highest BCUT2D eigenvalue weighted by molar-refractivity contribution is 7.91. The summed E-state index contributed by atoms with van der Waals surface area (Å²) in [5.74, 6) is -0.741. The van der Waals surface area contributed by atoms with Crippen LogP contribution in [0.3, 0.4) is 0 Å². The van der Waals surface area contributed by atoms with Crippen molar-refractivity contribution in [3.63, 3.8) is 0 Å². The third-order valence-electron chi connectivity index (χ3n) is 2.25. The van der Waals surface area contributed by atoms with Gasteiger partial charge in [0, 0.05) is 28.9 Å². The molecule has 0 saturated heterocycles. The van der Waals surface area contributed by atoms with Gasteiger partial charge < -0.3 is 5.11 Å². The number of carboxylic acids is 1. The summed E-state index contributed by atoms with van der Waals surface area (Å²) in [5, 5.41) is 8.75. The SMILES string of the molecule is CC(CCS(C)=O)NS(=O)(=O)c1ccc(C(=O)O)s1. The monoisotopic (exact) mass is 325 g/mol. The van der Waals surface area contributed by atoms with Crippen molar-refractivity contribution >= 4 is 38.1 Å². The lowest BCUT2D eigenvalue weighted by atomic mass is 10.3. The largest absolute Gasteiger partial charge is 0.477 e. The molecule has 0 saturated carbocycles. The summed E-state index contributed by atoms with van der Waals surface area (Å²) in [5.41, 5.74) is 0. The molecule has 9 heteroatoms. The minimum atomic E-state index is -3.71. The van der Waals surface area contributed by atoms with Crippen LogP contribution in [-0.4, -0.2) is 41.8 Å². The highest BCUT2D eigenvalue weighted by atomic mass is 32.2. The molecule has 1 heterocycles. The average molecular weight is 325 g/mol. The van der Waals surface area contributed by atoms with Crippen LogP contribution in [0.1, 0.15) is 23.0 Å². The van der Waals surface area contributed by atoms with Crippen LogP contribution in [0.2, 0.25) is 0 Å². The third kappa shape index (κ3) is 5.01. The van der Waals surface area contributed by atoms with Gasteiger partial charge in [0.25, 0.3) is 0 Å². The molecule has 0 aromatic carbocycles. The lowest BCUT2D eigenvalue weighted by Gasteiger charge is -2.12. The van der Waals surface area contributed by atoms with Crippen LogP contribution in [0.5, 0.6) is 0 Å². The van der Waals surface area contributed by atoms with E-state index in [1.54, 1.807) is 13.2 Å². The normalized spacial score (nSPS) is 15.1. The van der Waals surface area contributed by atoms with Crippen LogP contribution < -0.4 is 4.72 Å². The second-order valence-corrected chi connectivity index (χ2v) is 8.59. The number of hydrogen-bond acceptors (Lipinski definition) is 5. The summed E-state index contributed by atoms with van der Waals surface area (Å²) in [6, 6.07) is 2.17. The van der Waals surface area contributed by atoms with Crippen LogP contribution in [0.4, 0.5) is 0 Å². The van der Waals surface area contributed by atoms with E-state index in [1.165, 1.54) is 12.1 Å². The summed E-state index contributed by atoms with van der Waals surface area (Å²) in [6.07, 6.45) is 2.01. The number of aromatic carboxylic acids is 1. The van der Waals surface area contributed by atoms with Crippen LogP contribution in [0.25, 0.3) is 0 Å². The molecule has 2 N–H and O–H groups in total. The maximum Gasteiger partial charge on any atom is 0.345 e. The van der Waals surface area contributed by atoms with Gasteiger partial charge in [-0.1, -0.05) is 0 Å². The van der Waals surface area contributed by atoms with Gasteiger partial charge in [-0.15, -0.1) is 11.3 Å². The first-order chi connectivity index (χ1) is 8.72. The molecule has 2 unspecified atom stereocenters. The van der Waals surface area contributed by atoms with E-state index in [4.69, 9.17) is 5.11 Å². The highest BCUT2D eigenvalue weighted by Gasteiger charge is 2.21. The van der Waals surface area contributed by atoms with E-state index in [2.05, 4.69) is 4.72 Å². The van der Waals surface area contributed by atoms with E-state index in [1.807, 2.05) is 0 Å². The van der Waals surface area contributed by atoms with Crippen LogP contribution in [0.15, 0.2) is 16.3 Å². The van der Waals surface area contributed by atoms with E-state index >= 15 is 0 Å². The zero-order chi connectivity index (χ0) is 14.6. The first kappa shape index (κ1) is 16.3. The van der Waals surface area contributed by atoms with Gasteiger partial charge >= 0.3 is 5.97 Å². The van der Waals surface area contributed by atoms with Crippen molar-refractivity contribution in [3.05, 3.63) is 17.0 Å². The van der Waals surface area contributed by atoms with Gasteiger partial charge in [-0.3, -0.25) is 4.21 Å². The van der Waals surface area contributed by atoms with Gasteiger partial charge in [0.15, 0.2) is 0 Å². The molecule has 1 aromatic rings. The number of sulfonamides is 1. The second-order valence-electron chi connectivity index (χ2n) is 4.01. The topological polar surface area (TPSA) is 101 Å². The molecule has 1 aromatic heterocycles. The standard InChI is InChI=1S/C10H15NO5S3/c1-7(5-6-18(2)14)11-19(15,16)9-4-3-8(17-9)10(12)13/h3-4,7,11H,5-6H2,1-2H3,(H,12,13). The molecule has 0 bridgehead atoms. The third-order valence-corrected chi connectivity index (χ3v) is 6.22. The first-order valence-electron chi connectivity index (χ1n) is 5.38. The molecule has 19 heavy (non-hydrogen) atoms. The predicted octanol–water partition coefficient (Wildman–Crippen LogP) is 0.882. The van der Waals surface area contributed by atoms with Gasteiger partial charge in [-0.25, -0.2) is 17.9 Å². The van der Waals surface area contributed by atoms with Crippen LogP contribution >= 0.6 is 11.3 Å². The first-order valence-corrected chi connectivity index (χ1v) is 9.40. The maximum atomic E-state index is 12.0. The van der Waals surface area contributed by atoms with E-state index < -0.39 is 26.8 Å². The van der Waals surface area contributed by atoms with E-state index in [-0.39, 0.29) is 15.1 Å². The lowest BCUT2D eigenvalue weighted by Crippen LogP contribution is -2.33. The van der Waals surface area contributed by atoms with Crippen LogP contribution in [-0.2, 0) is 20.8 Å². The number of hydrogen-bond donors (Lipinski definition) is 2. The molecule has 0 spiro atoms. The summed E-state index contributed by atoms with van der Waals surface area (Å²) < 4.78 is 37.2. The molecule has 0 fully saturated rings. The molecular formula is C10H15NO5S3. The van der Waals surface area contributed by atoms with E-state index in [0.717, 1.165) is 0 Å². The van der Waals surface area contributed by atoms with Crippen molar-refractivity contribution in [2.45, 2.75) is 23.6 Å². The molecular weight excluding hydrogens is 310 g/mol. The Balaban J connectivity index is 2.74. The molecule has 0 aliphatic carbocycles. The van der Waals surface area contributed by atoms with Crippen molar-refractivity contribution in [1.29, 1.82) is 0 Å². The maximum absolute atomic E-state index is 12.0. The number of thiophene rings is 1. The Morgan fingerprint density at radius 3 is 2.63 bits per heavy atom. The zero-order valence-corrected chi connectivity index (χ0v) is 12.9. The van der Waals surface area contributed by atoms with Gasteiger partial charge in [0.05, 0.1) is 0 Å². The molecule has 108 valence electrons. The van der Waals surface area contributed by atoms with E-state index in [9.17, 15) is 17.4 Å².